The fourth-order valence-electron chi connectivity index (χ4n) is 1.83. The molecule has 1 aromatic carbocycles. The van der Waals surface area contributed by atoms with E-state index in [1.54, 1.807) is 13.1 Å². The van der Waals surface area contributed by atoms with Crippen molar-refractivity contribution >= 4 is 21.7 Å². The average molecular weight is 323 g/mol. The highest BCUT2D eigenvalue weighted by Crippen LogP contribution is 2.17. The third kappa shape index (κ3) is 3.77. The summed E-state index contributed by atoms with van der Waals surface area (Å²) in [7, 11) is 0. The third-order valence-electron chi connectivity index (χ3n) is 2.99. The van der Waals surface area contributed by atoms with E-state index in [4.69, 9.17) is 0 Å². The van der Waals surface area contributed by atoms with E-state index in [2.05, 4.69) is 26.2 Å². The number of hydrogen-bond donors (Lipinski definition) is 1. The molecule has 4 heteroatoms. The second kappa shape index (κ2) is 6.15. The predicted molar refractivity (Wildman–Crippen MR) is 80.0 cm³/mol. The molecule has 0 spiro atoms. The van der Waals surface area contributed by atoms with Crippen LogP contribution in [0.2, 0.25) is 0 Å². The monoisotopic (exact) mass is 322 g/mol. The lowest BCUT2D eigenvalue weighted by Crippen LogP contribution is -2.06. The van der Waals surface area contributed by atoms with Crippen molar-refractivity contribution in [3.63, 3.8) is 0 Å². The standard InChI is InChI=1S/C15H16BrFN2/c1-10-8-15(19-9-13(10)16)18-6-5-12-3-4-14(17)11(2)7-12/h3-4,7-9H,5-6H2,1-2H3,(H,18,19). The van der Waals surface area contributed by atoms with Gasteiger partial charge in [-0.25, -0.2) is 9.37 Å². The molecule has 0 fully saturated rings. The van der Waals surface area contributed by atoms with Crippen LogP contribution >= 0.6 is 15.9 Å². The van der Waals surface area contributed by atoms with Crippen molar-refractivity contribution in [1.29, 1.82) is 0 Å². The van der Waals surface area contributed by atoms with Crippen molar-refractivity contribution in [2.45, 2.75) is 20.3 Å². The van der Waals surface area contributed by atoms with Crippen molar-refractivity contribution in [2.24, 2.45) is 0 Å². The largest absolute Gasteiger partial charge is 0.370 e. The molecular formula is C15H16BrFN2. The molecule has 0 radical (unpaired) electrons. The molecule has 1 heterocycles. The van der Waals surface area contributed by atoms with Crippen LogP contribution < -0.4 is 5.32 Å². The first-order valence-electron chi connectivity index (χ1n) is 6.17. The van der Waals surface area contributed by atoms with Gasteiger partial charge in [0.2, 0.25) is 0 Å². The van der Waals surface area contributed by atoms with E-state index in [0.717, 1.165) is 34.4 Å². The molecule has 0 unspecified atom stereocenters. The molecule has 0 aliphatic heterocycles. The van der Waals surface area contributed by atoms with Gasteiger partial charge in [-0.15, -0.1) is 0 Å². The zero-order chi connectivity index (χ0) is 13.8. The molecule has 19 heavy (non-hydrogen) atoms. The molecule has 1 aromatic heterocycles. The second-order valence-corrected chi connectivity index (χ2v) is 5.43. The second-order valence-electron chi connectivity index (χ2n) is 4.58. The van der Waals surface area contributed by atoms with Crippen LogP contribution in [-0.2, 0) is 6.42 Å². The molecule has 1 N–H and O–H groups in total. The van der Waals surface area contributed by atoms with Crippen molar-refractivity contribution < 1.29 is 4.39 Å². The van der Waals surface area contributed by atoms with Crippen LogP contribution in [0.4, 0.5) is 10.2 Å². The van der Waals surface area contributed by atoms with Crippen molar-refractivity contribution in [3.8, 4) is 0 Å². The first-order chi connectivity index (χ1) is 9.06. The Morgan fingerprint density at radius 3 is 2.68 bits per heavy atom. The minimum atomic E-state index is -0.151. The Morgan fingerprint density at radius 1 is 1.21 bits per heavy atom. The van der Waals surface area contributed by atoms with Crippen LogP contribution in [0.1, 0.15) is 16.7 Å². The molecule has 2 aromatic rings. The van der Waals surface area contributed by atoms with Crippen LogP contribution in [0.25, 0.3) is 0 Å². The van der Waals surface area contributed by atoms with Gasteiger partial charge in [-0.3, -0.25) is 0 Å². The van der Waals surface area contributed by atoms with Gasteiger partial charge in [0.25, 0.3) is 0 Å². The van der Waals surface area contributed by atoms with Gasteiger partial charge in [0, 0.05) is 17.2 Å². The molecule has 0 saturated carbocycles. The Hall–Kier alpha value is -1.42. The summed E-state index contributed by atoms with van der Waals surface area (Å²) in [5, 5.41) is 3.27. The molecule has 2 nitrogen and oxygen atoms in total. The van der Waals surface area contributed by atoms with Crippen molar-refractivity contribution in [3.05, 3.63) is 57.4 Å². The molecule has 0 amide bonds. The fraction of sp³-hybridized carbons (Fsp3) is 0.267. The van der Waals surface area contributed by atoms with Crippen LogP contribution in [-0.4, -0.2) is 11.5 Å². The summed E-state index contributed by atoms with van der Waals surface area (Å²) < 4.78 is 14.1. The number of pyridine rings is 1. The zero-order valence-corrected chi connectivity index (χ0v) is 12.6. The third-order valence-corrected chi connectivity index (χ3v) is 3.82. The number of aromatic nitrogens is 1. The first-order valence-corrected chi connectivity index (χ1v) is 6.96. The number of aryl methyl sites for hydroxylation is 2. The Kier molecular flexibility index (Phi) is 4.53. The Labute approximate surface area is 121 Å². The van der Waals surface area contributed by atoms with E-state index in [9.17, 15) is 4.39 Å². The summed E-state index contributed by atoms with van der Waals surface area (Å²) in [5.74, 6) is 0.710. The SMILES string of the molecule is Cc1cc(CCNc2cc(C)c(Br)cn2)ccc1F. The molecule has 0 aliphatic carbocycles. The summed E-state index contributed by atoms with van der Waals surface area (Å²) in [6.45, 7) is 4.59. The number of nitrogens with one attached hydrogen (secondary N) is 1. The number of hydrogen-bond acceptors (Lipinski definition) is 2. The van der Waals surface area contributed by atoms with Gasteiger partial charge in [0.15, 0.2) is 0 Å². The van der Waals surface area contributed by atoms with Gasteiger partial charge in [-0.05, 0) is 65.0 Å². The van der Waals surface area contributed by atoms with Gasteiger partial charge in [-0.1, -0.05) is 12.1 Å². The summed E-state index contributed by atoms with van der Waals surface area (Å²) in [5.41, 5.74) is 2.96. The maximum atomic E-state index is 13.1. The van der Waals surface area contributed by atoms with Crippen LogP contribution in [0.5, 0.6) is 0 Å². The number of rotatable bonds is 4. The Morgan fingerprint density at radius 2 is 2.00 bits per heavy atom. The average Bonchev–Trinajstić information content (AvgIpc) is 2.38. The van der Waals surface area contributed by atoms with Crippen LogP contribution in [0.3, 0.4) is 0 Å². The number of benzene rings is 1. The minimum absolute atomic E-state index is 0.151. The van der Waals surface area contributed by atoms with Gasteiger partial charge < -0.3 is 5.32 Å². The van der Waals surface area contributed by atoms with E-state index in [0.29, 0.717) is 5.56 Å². The van der Waals surface area contributed by atoms with Crippen LogP contribution in [0.15, 0.2) is 34.9 Å². The number of anilines is 1. The lowest BCUT2D eigenvalue weighted by atomic mass is 10.1. The van der Waals surface area contributed by atoms with E-state index in [-0.39, 0.29) is 5.82 Å². The maximum absolute atomic E-state index is 13.1. The molecule has 0 saturated heterocycles. The highest BCUT2D eigenvalue weighted by molar-refractivity contribution is 9.10. The van der Waals surface area contributed by atoms with Gasteiger partial charge in [-0.2, -0.15) is 0 Å². The molecule has 100 valence electrons. The Balaban J connectivity index is 1.92. The normalized spacial score (nSPS) is 10.5. The quantitative estimate of drug-likeness (QED) is 0.910. The van der Waals surface area contributed by atoms with Gasteiger partial charge >= 0.3 is 0 Å². The van der Waals surface area contributed by atoms with E-state index in [1.165, 1.54) is 6.07 Å². The van der Waals surface area contributed by atoms with E-state index < -0.39 is 0 Å². The van der Waals surface area contributed by atoms with Gasteiger partial charge in [0.05, 0.1) is 0 Å². The van der Waals surface area contributed by atoms with Crippen molar-refractivity contribution in [1.82, 2.24) is 4.98 Å². The molecule has 0 aliphatic rings. The summed E-state index contributed by atoms with van der Waals surface area (Å²) in [6.07, 6.45) is 2.64. The summed E-state index contributed by atoms with van der Waals surface area (Å²) >= 11 is 3.42. The Bertz CT molecular complexity index is 533. The highest BCUT2D eigenvalue weighted by Gasteiger charge is 2.01. The maximum Gasteiger partial charge on any atom is 0.126 e. The molecule has 2 rings (SSSR count). The number of halogens is 2. The minimum Gasteiger partial charge on any atom is -0.370 e. The smallest absolute Gasteiger partial charge is 0.126 e. The van der Waals surface area contributed by atoms with Gasteiger partial charge in [0.1, 0.15) is 11.6 Å². The number of nitrogens with zero attached hydrogens (tertiary/aromatic N) is 1. The highest BCUT2D eigenvalue weighted by atomic mass is 79.9. The van der Waals surface area contributed by atoms with E-state index >= 15 is 0 Å². The summed E-state index contributed by atoms with van der Waals surface area (Å²) in [6, 6.07) is 7.23. The molecule has 0 atom stereocenters. The molecular weight excluding hydrogens is 307 g/mol. The van der Waals surface area contributed by atoms with Crippen LogP contribution in [0, 0.1) is 19.7 Å². The summed E-state index contributed by atoms with van der Waals surface area (Å²) in [4.78, 5) is 4.28. The lowest BCUT2D eigenvalue weighted by Gasteiger charge is -2.08. The zero-order valence-electron chi connectivity index (χ0n) is 11.0. The molecule has 0 bridgehead atoms. The predicted octanol–water partition coefficient (Wildman–Crippen LogP) is 4.25. The topological polar surface area (TPSA) is 24.9 Å². The fourth-order valence-corrected chi connectivity index (χ4v) is 2.05. The lowest BCUT2D eigenvalue weighted by molar-refractivity contribution is 0.617. The first kappa shape index (κ1) is 14.0. The van der Waals surface area contributed by atoms with Crippen molar-refractivity contribution in [2.75, 3.05) is 11.9 Å². The van der Waals surface area contributed by atoms with E-state index in [1.807, 2.05) is 25.1 Å².